The third-order valence-corrected chi connectivity index (χ3v) is 5.35. The van der Waals surface area contributed by atoms with Gasteiger partial charge in [-0.1, -0.05) is 60.7 Å². The van der Waals surface area contributed by atoms with Crippen LogP contribution in [-0.4, -0.2) is 38.5 Å². The average Bonchev–Trinajstić information content (AvgIpc) is 2.78. The molecule has 0 saturated carbocycles. The Kier molecular flexibility index (Phi) is 9.69. The lowest BCUT2D eigenvalue weighted by Crippen LogP contribution is -2.22. The second-order valence-electron chi connectivity index (χ2n) is 8.71. The quantitative estimate of drug-likeness (QED) is 0.347. The van der Waals surface area contributed by atoms with Crippen LogP contribution < -0.4 is 10.6 Å². The lowest BCUT2D eigenvalue weighted by Gasteiger charge is -2.16. The molecule has 3 aromatic rings. The fourth-order valence-corrected chi connectivity index (χ4v) is 3.82. The van der Waals surface area contributed by atoms with Gasteiger partial charge in [0.05, 0.1) is 25.4 Å². The summed E-state index contributed by atoms with van der Waals surface area (Å²) >= 11 is 0. The third kappa shape index (κ3) is 7.42. The third-order valence-electron chi connectivity index (χ3n) is 5.35. The van der Waals surface area contributed by atoms with Crippen LogP contribution >= 0.6 is 0 Å². The van der Waals surface area contributed by atoms with E-state index in [1.807, 2.05) is 0 Å². The van der Waals surface area contributed by atoms with E-state index in [0.717, 1.165) is 39.4 Å². The van der Waals surface area contributed by atoms with Crippen molar-refractivity contribution >= 4 is 10.8 Å². The second-order valence-corrected chi connectivity index (χ2v) is 8.71. The molecule has 4 nitrogen and oxygen atoms in total. The Morgan fingerprint density at radius 1 is 0.688 bits per heavy atom. The Balaban J connectivity index is 1.77. The van der Waals surface area contributed by atoms with Crippen molar-refractivity contribution in [3.8, 4) is 11.1 Å². The molecule has 0 amide bonds. The van der Waals surface area contributed by atoms with Crippen molar-refractivity contribution in [2.24, 2.45) is 0 Å². The first-order chi connectivity index (χ1) is 15.5. The molecule has 0 aromatic heterocycles. The predicted octanol–water partition coefficient (Wildman–Crippen LogP) is 5.54. The maximum atomic E-state index is 5.68. The van der Waals surface area contributed by atoms with Gasteiger partial charge in [0.15, 0.2) is 0 Å². The minimum Gasteiger partial charge on any atom is -0.377 e. The van der Waals surface area contributed by atoms with Crippen molar-refractivity contribution in [2.45, 2.75) is 53.0 Å². The van der Waals surface area contributed by atoms with Crippen molar-refractivity contribution in [1.29, 1.82) is 0 Å². The van der Waals surface area contributed by atoms with Crippen LogP contribution in [0.2, 0.25) is 0 Å². The molecule has 32 heavy (non-hydrogen) atoms. The van der Waals surface area contributed by atoms with Crippen LogP contribution in [0.3, 0.4) is 0 Å². The Bertz CT molecular complexity index is 963. The molecular formula is C28H38N2O2. The molecule has 3 aromatic carbocycles. The molecule has 2 N–H and O–H groups in total. The zero-order valence-electron chi connectivity index (χ0n) is 20.0. The predicted molar refractivity (Wildman–Crippen MR) is 135 cm³/mol. The number of ether oxygens (including phenoxy) is 2. The zero-order valence-corrected chi connectivity index (χ0v) is 20.0. The number of benzene rings is 3. The van der Waals surface area contributed by atoms with E-state index in [2.05, 4.69) is 99.0 Å². The van der Waals surface area contributed by atoms with Crippen molar-refractivity contribution in [3.05, 3.63) is 71.8 Å². The highest BCUT2D eigenvalue weighted by Crippen LogP contribution is 2.31. The molecule has 0 unspecified atom stereocenters. The lowest BCUT2D eigenvalue weighted by molar-refractivity contribution is 0.0806. The van der Waals surface area contributed by atoms with E-state index in [1.54, 1.807) is 0 Å². The number of fused-ring (bicyclic) bond motifs is 1. The van der Waals surface area contributed by atoms with Crippen molar-refractivity contribution in [1.82, 2.24) is 10.6 Å². The van der Waals surface area contributed by atoms with E-state index in [4.69, 9.17) is 9.47 Å². The van der Waals surface area contributed by atoms with Gasteiger partial charge in [0, 0.05) is 26.2 Å². The van der Waals surface area contributed by atoms with Crippen LogP contribution in [0.5, 0.6) is 0 Å². The number of nitrogens with one attached hydrogen (secondary N) is 2. The highest BCUT2D eigenvalue weighted by Gasteiger charge is 2.10. The van der Waals surface area contributed by atoms with Crippen LogP contribution in [0, 0.1) is 0 Å². The van der Waals surface area contributed by atoms with E-state index in [-0.39, 0.29) is 12.2 Å². The van der Waals surface area contributed by atoms with Crippen molar-refractivity contribution in [2.75, 3.05) is 26.3 Å². The highest BCUT2D eigenvalue weighted by atomic mass is 16.5. The molecule has 0 spiro atoms. The van der Waals surface area contributed by atoms with Gasteiger partial charge < -0.3 is 20.1 Å². The monoisotopic (exact) mass is 434 g/mol. The zero-order chi connectivity index (χ0) is 22.8. The first-order valence-corrected chi connectivity index (χ1v) is 11.8. The van der Waals surface area contributed by atoms with Gasteiger partial charge in [-0.15, -0.1) is 0 Å². The van der Waals surface area contributed by atoms with Crippen molar-refractivity contribution < 1.29 is 9.47 Å². The summed E-state index contributed by atoms with van der Waals surface area (Å²) in [6.45, 7) is 13.1. The Morgan fingerprint density at radius 3 is 2.06 bits per heavy atom. The van der Waals surface area contributed by atoms with E-state index in [9.17, 15) is 0 Å². The molecule has 0 radical (unpaired) electrons. The van der Waals surface area contributed by atoms with Gasteiger partial charge in [0.1, 0.15) is 0 Å². The van der Waals surface area contributed by atoms with Crippen LogP contribution in [0.25, 0.3) is 21.9 Å². The number of hydrogen-bond donors (Lipinski definition) is 2. The molecule has 0 aliphatic heterocycles. The van der Waals surface area contributed by atoms with Gasteiger partial charge >= 0.3 is 0 Å². The maximum Gasteiger partial charge on any atom is 0.0594 e. The lowest BCUT2D eigenvalue weighted by atomic mass is 9.93. The SMILES string of the molecule is CC(C)OCCNCc1ccc(-c2cccc3ccccc23)c(CNCCOC(C)C)c1. The van der Waals surface area contributed by atoms with Gasteiger partial charge in [0.2, 0.25) is 0 Å². The van der Waals surface area contributed by atoms with Crippen molar-refractivity contribution in [3.63, 3.8) is 0 Å². The standard InChI is InChI=1S/C28H38N2O2/c1-21(2)31-16-14-29-19-23-12-13-27(25(18-23)20-30-15-17-32-22(3)4)28-11-7-9-24-8-5-6-10-26(24)28/h5-13,18,21-22,29-30H,14-17,19-20H2,1-4H3. The molecule has 4 heteroatoms. The molecule has 0 atom stereocenters. The van der Waals surface area contributed by atoms with E-state index >= 15 is 0 Å². The largest absolute Gasteiger partial charge is 0.377 e. The summed E-state index contributed by atoms with van der Waals surface area (Å²) in [7, 11) is 0. The van der Waals surface area contributed by atoms with Crippen LogP contribution in [0.4, 0.5) is 0 Å². The van der Waals surface area contributed by atoms with E-state index in [0.29, 0.717) is 0 Å². The Labute approximate surface area is 193 Å². The summed E-state index contributed by atoms with van der Waals surface area (Å²) < 4.78 is 11.3. The summed E-state index contributed by atoms with van der Waals surface area (Å²) in [5.41, 5.74) is 5.16. The summed E-state index contributed by atoms with van der Waals surface area (Å²) in [5.74, 6) is 0. The fraction of sp³-hybridized carbons (Fsp3) is 0.429. The number of rotatable bonds is 13. The maximum absolute atomic E-state index is 5.68. The molecule has 0 saturated heterocycles. The smallest absolute Gasteiger partial charge is 0.0594 e. The fourth-order valence-electron chi connectivity index (χ4n) is 3.82. The van der Waals surface area contributed by atoms with Gasteiger partial charge in [-0.2, -0.15) is 0 Å². The van der Waals surface area contributed by atoms with Gasteiger partial charge in [-0.05, 0) is 60.7 Å². The molecule has 0 bridgehead atoms. The second kappa shape index (κ2) is 12.7. The summed E-state index contributed by atoms with van der Waals surface area (Å²) in [6, 6.07) is 22.0. The van der Waals surface area contributed by atoms with Gasteiger partial charge in [-0.3, -0.25) is 0 Å². The van der Waals surface area contributed by atoms with Crippen LogP contribution in [0.15, 0.2) is 60.7 Å². The first kappa shape index (κ1) is 24.4. The van der Waals surface area contributed by atoms with E-state index in [1.165, 1.54) is 33.0 Å². The molecule has 0 fully saturated rings. The summed E-state index contributed by atoms with van der Waals surface area (Å²) in [5, 5.41) is 9.62. The van der Waals surface area contributed by atoms with E-state index < -0.39 is 0 Å². The number of hydrogen-bond acceptors (Lipinski definition) is 4. The minimum absolute atomic E-state index is 0.261. The molecule has 3 rings (SSSR count). The summed E-state index contributed by atoms with van der Waals surface area (Å²) in [4.78, 5) is 0. The Morgan fingerprint density at radius 2 is 1.34 bits per heavy atom. The molecular weight excluding hydrogens is 396 g/mol. The topological polar surface area (TPSA) is 42.5 Å². The highest BCUT2D eigenvalue weighted by molar-refractivity contribution is 5.97. The van der Waals surface area contributed by atoms with Crippen LogP contribution in [-0.2, 0) is 22.6 Å². The molecule has 172 valence electrons. The molecule has 0 heterocycles. The van der Waals surface area contributed by atoms with Gasteiger partial charge in [-0.25, -0.2) is 0 Å². The van der Waals surface area contributed by atoms with Crippen LogP contribution in [0.1, 0.15) is 38.8 Å². The molecule has 0 aliphatic carbocycles. The normalized spacial score (nSPS) is 11.7. The minimum atomic E-state index is 0.261. The first-order valence-electron chi connectivity index (χ1n) is 11.8. The average molecular weight is 435 g/mol. The van der Waals surface area contributed by atoms with Gasteiger partial charge in [0.25, 0.3) is 0 Å². The summed E-state index contributed by atoms with van der Waals surface area (Å²) in [6.07, 6.45) is 0.534. The molecule has 0 aliphatic rings. The Hall–Kier alpha value is -2.24.